The van der Waals surface area contributed by atoms with Crippen LogP contribution in [0.15, 0.2) is 153 Å². The minimum absolute atomic E-state index is 0.345. The molecular weight excluding hydrogens is 613 g/mol. The maximum absolute atomic E-state index is 5.10. The van der Waals surface area contributed by atoms with Gasteiger partial charge in [-0.1, -0.05) is 144 Å². The molecule has 2 atom stereocenters. The molecule has 0 amide bonds. The first-order valence-electron chi connectivity index (χ1n) is 17.0. The Labute approximate surface area is 293 Å². The third kappa shape index (κ3) is 6.48. The van der Waals surface area contributed by atoms with Crippen LogP contribution in [0.4, 0.5) is 0 Å². The molecule has 2 heterocycles. The average molecular weight is 651 g/mol. The number of hydrogen-bond acceptors (Lipinski definition) is 6. The van der Waals surface area contributed by atoms with Crippen molar-refractivity contribution in [2.75, 3.05) is 0 Å². The van der Waals surface area contributed by atoms with Crippen molar-refractivity contribution in [1.82, 2.24) is 10.6 Å². The summed E-state index contributed by atoms with van der Waals surface area (Å²) in [6.45, 7) is 8.38. The summed E-state index contributed by atoms with van der Waals surface area (Å²) in [6.07, 6.45) is -0.690. The molecule has 0 saturated heterocycles. The number of aliphatic imine (C=N–C) groups is 4. The van der Waals surface area contributed by atoms with E-state index in [4.69, 9.17) is 20.0 Å². The maximum atomic E-state index is 5.10. The van der Waals surface area contributed by atoms with E-state index < -0.39 is 0 Å². The molecule has 0 aromatic heterocycles. The molecule has 8 rings (SSSR count). The maximum Gasteiger partial charge on any atom is 0.169 e. The molecule has 0 radical (unpaired) electrons. The molecule has 244 valence electrons. The molecule has 6 aromatic carbocycles. The Bertz CT molecular complexity index is 2160. The summed E-state index contributed by atoms with van der Waals surface area (Å²) in [5.41, 5.74) is 11.0. The summed E-state index contributed by atoms with van der Waals surface area (Å²) in [7, 11) is 0. The second-order valence-electron chi connectivity index (χ2n) is 13.2. The summed E-state index contributed by atoms with van der Waals surface area (Å²) in [6, 6.07) is 46.8. The van der Waals surface area contributed by atoms with Crippen molar-refractivity contribution in [3.8, 4) is 0 Å². The van der Waals surface area contributed by atoms with Crippen molar-refractivity contribution in [1.29, 1.82) is 0 Å². The second kappa shape index (κ2) is 13.1. The van der Waals surface area contributed by atoms with E-state index in [0.717, 1.165) is 67.5 Å². The van der Waals surface area contributed by atoms with Gasteiger partial charge in [-0.15, -0.1) is 0 Å². The molecular formula is C44H38N6. The van der Waals surface area contributed by atoms with Crippen LogP contribution in [0.5, 0.6) is 0 Å². The Hall–Kier alpha value is -6.14. The first kappa shape index (κ1) is 31.1. The van der Waals surface area contributed by atoms with Gasteiger partial charge < -0.3 is 10.6 Å². The van der Waals surface area contributed by atoms with Gasteiger partial charge in [-0.2, -0.15) is 0 Å². The van der Waals surface area contributed by atoms with Gasteiger partial charge in [0.1, 0.15) is 23.3 Å². The number of hydrogen-bond donors (Lipinski definition) is 2. The van der Waals surface area contributed by atoms with E-state index in [1.54, 1.807) is 0 Å². The van der Waals surface area contributed by atoms with Crippen LogP contribution in [0, 0.1) is 27.7 Å². The number of amidine groups is 4. The average Bonchev–Trinajstić information content (AvgIpc) is 3.15. The van der Waals surface area contributed by atoms with Gasteiger partial charge in [0.05, 0.1) is 0 Å². The first-order chi connectivity index (χ1) is 24.3. The molecule has 0 bridgehead atoms. The summed E-state index contributed by atoms with van der Waals surface area (Å²) < 4.78 is 0. The number of nitrogens with zero attached hydrogens (tertiary/aromatic N) is 4. The number of nitrogens with one attached hydrogen (secondary N) is 2. The first-order valence-corrected chi connectivity index (χ1v) is 17.0. The molecule has 6 nitrogen and oxygen atoms in total. The minimum atomic E-state index is -0.345. The van der Waals surface area contributed by atoms with Gasteiger partial charge in [0.15, 0.2) is 12.3 Å². The minimum Gasteiger partial charge on any atom is -0.324 e. The lowest BCUT2D eigenvalue weighted by Gasteiger charge is -2.23. The van der Waals surface area contributed by atoms with Crippen LogP contribution < -0.4 is 10.6 Å². The molecule has 2 unspecified atom stereocenters. The SMILES string of the molecule is Cc1ccc(C2=NC(c3ccc(C)cc3)N=C(c3ccc4cc(C5=NC(c6ccc(C)cc6)N=C(c6ccc(C)cc6)N5)ccc4c3)N2)cc1. The van der Waals surface area contributed by atoms with Crippen LogP contribution in [-0.4, -0.2) is 23.3 Å². The highest BCUT2D eigenvalue weighted by Gasteiger charge is 2.23. The van der Waals surface area contributed by atoms with Crippen molar-refractivity contribution < 1.29 is 0 Å². The van der Waals surface area contributed by atoms with E-state index >= 15 is 0 Å². The van der Waals surface area contributed by atoms with E-state index in [-0.39, 0.29) is 12.3 Å². The Kier molecular flexibility index (Phi) is 8.13. The van der Waals surface area contributed by atoms with Crippen molar-refractivity contribution in [2.45, 2.75) is 40.0 Å². The van der Waals surface area contributed by atoms with Crippen LogP contribution in [0.3, 0.4) is 0 Å². The molecule has 0 aliphatic carbocycles. The number of fused-ring (bicyclic) bond motifs is 1. The Morgan fingerprint density at radius 1 is 0.340 bits per heavy atom. The zero-order valence-electron chi connectivity index (χ0n) is 28.6. The van der Waals surface area contributed by atoms with Crippen molar-refractivity contribution >= 4 is 34.1 Å². The molecule has 0 spiro atoms. The van der Waals surface area contributed by atoms with Gasteiger partial charge in [0.25, 0.3) is 0 Å². The lowest BCUT2D eigenvalue weighted by atomic mass is 10.0. The summed E-state index contributed by atoms with van der Waals surface area (Å²) in [5.74, 6) is 3.22. The zero-order chi connectivity index (χ0) is 34.2. The lowest BCUT2D eigenvalue weighted by Crippen LogP contribution is -2.36. The monoisotopic (exact) mass is 650 g/mol. The topological polar surface area (TPSA) is 73.5 Å². The predicted molar refractivity (Wildman–Crippen MR) is 207 cm³/mol. The number of benzene rings is 6. The standard InChI is InChI=1S/C44H38N6/c1-27-5-13-31(14-6-27)39-45-40(32-15-7-28(2)8-16-32)48-43(47-39)37-23-21-36-26-38(24-22-35(36)25-37)44-49-41(33-17-9-29(3)10-18-33)46-42(50-44)34-19-11-30(4)12-20-34/h5-26,39,41H,1-4H3,(H,45,47,48)(H,46,49,50). The molecule has 0 saturated carbocycles. The van der Waals surface area contributed by atoms with Crippen molar-refractivity contribution in [3.05, 3.63) is 189 Å². The fraction of sp³-hybridized carbons (Fsp3) is 0.136. The summed E-state index contributed by atoms with van der Waals surface area (Å²) in [4.78, 5) is 20.3. The molecule has 6 heteroatoms. The number of rotatable bonds is 6. The smallest absolute Gasteiger partial charge is 0.169 e. The normalized spacial score (nSPS) is 17.2. The quantitative estimate of drug-likeness (QED) is 0.189. The number of aryl methyl sites for hydroxylation is 4. The highest BCUT2D eigenvalue weighted by atomic mass is 15.2. The summed E-state index contributed by atoms with van der Waals surface area (Å²) >= 11 is 0. The fourth-order valence-electron chi connectivity index (χ4n) is 6.23. The molecule has 50 heavy (non-hydrogen) atoms. The molecule has 0 fully saturated rings. The fourth-order valence-corrected chi connectivity index (χ4v) is 6.23. The largest absolute Gasteiger partial charge is 0.324 e. The van der Waals surface area contributed by atoms with Crippen molar-refractivity contribution in [3.63, 3.8) is 0 Å². The van der Waals surface area contributed by atoms with E-state index in [1.807, 2.05) is 0 Å². The van der Waals surface area contributed by atoms with Gasteiger partial charge in [-0.3, -0.25) is 0 Å². The van der Waals surface area contributed by atoms with E-state index in [2.05, 4.69) is 172 Å². The Balaban J connectivity index is 1.13. The molecule has 2 aliphatic rings. The Morgan fingerprint density at radius 2 is 0.620 bits per heavy atom. The third-order valence-electron chi connectivity index (χ3n) is 9.27. The van der Waals surface area contributed by atoms with Crippen LogP contribution in [0.25, 0.3) is 10.8 Å². The van der Waals surface area contributed by atoms with Gasteiger partial charge >= 0.3 is 0 Å². The second-order valence-corrected chi connectivity index (χ2v) is 13.2. The van der Waals surface area contributed by atoms with Crippen LogP contribution in [-0.2, 0) is 0 Å². The van der Waals surface area contributed by atoms with Crippen LogP contribution in [0.1, 0.15) is 68.0 Å². The molecule has 2 aliphatic heterocycles. The molecule has 6 aromatic rings. The van der Waals surface area contributed by atoms with Crippen LogP contribution >= 0.6 is 0 Å². The van der Waals surface area contributed by atoms with E-state index in [9.17, 15) is 0 Å². The van der Waals surface area contributed by atoms with E-state index in [1.165, 1.54) is 22.3 Å². The lowest BCUT2D eigenvalue weighted by molar-refractivity contribution is 0.755. The van der Waals surface area contributed by atoms with Gasteiger partial charge in [-0.25, -0.2) is 20.0 Å². The van der Waals surface area contributed by atoms with Gasteiger partial charge in [0, 0.05) is 22.3 Å². The van der Waals surface area contributed by atoms with Gasteiger partial charge in [0.2, 0.25) is 0 Å². The van der Waals surface area contributed by atoms with Crippen LogP contribution in [0.2, 0.25) is 0 Å². The van der Waals surface area contributed by atoms with Gasteiger partial charge in [-0.05, 0) is 61.7 Å². The summed E-state index contributed by atoms with van der Waals surface area (Å²) in [5, 5.41) is 9.32. The van der Waals surface area contributed by atoms with Crippen molar-refractivity contribution in [2.24, 2.45) is 20.0 Å². The van der Waals surface area contributed by atoms with E-state index in [0.29, 0.717) is 0 Å². The highest BCUT2D eigenvalue weighted by Crippen LogP contribution is 2.28. The highest BCUT2D eigenvalue weighted by molar-refractivity contribution is 6.18. The Morgan fingerprint density at radius 3 is 0.960 bits per heavy atom. The zero-order valence-corrected chi connectivity index (χ0v) is 28.6. The molecule has 2 N–H and O–H groups in total. The predicted octanol–water partition coefficient (Wildman–Crippen LogP) is 9.06. The third-order valence-corrected chi connectivity index (χ3v) is 9.27.